The van der Waals surface area contributed by atoms with Crippen LogP contribution in [0.4, 0.5) is 72.6 Å². The molecule has 4 aromatic carbocycles. The van der Waals surface area contributed by atoms with E-state index in [9.17, 15) is 26.3 Å². The fourth-order valence-corrected chi connectivity index (χ4v) is 5.45. The normalized spacial score (nSPS) is 12.5. The highest BCUT2D eigenvalue weighted by molar-refractivity contribution is 5.99. The highest BCUT2D eigenvalue weighted by Crippen LogP contribution is 2.54. The maximum absolute atomic E-state index is 13.5. The van der Waals surface area contributed by atoms with Gasteiger partial charge in [0.1, 0.15) is 0 Å². The summed E-state index contributed by atoms with van der Waals surface area (Å²) < 4.78 is 81.2. The van der Waals surface area contributed by atoms with Crippen molar-refractivity contribution < 1.29 is 26.3 Å². The van der Waals surface area contributed by atoms with Gasteiger partial charge in [0, 0.05) is 11.1 Å². The van der Waals surface area contributed by atoms with Gasteiger partial charge in [-0.2, -0.15) is 26.3 Å². The molecule has 0 spiro atoms. The molecule has 0 saturated heterocycles. The summed E-state index contributed by atoms with van der Waals surface area (Å²) in [6.45, 7) is 15.4. The second-order valence-corrected chi connectivity index (χ2v) is 10.8. The van der Waals surface area contributed by atoms with Crippen LogP contribution in [0.2, 0.25) is 0 Å². The Labute approximate surface area is 280 Å². The Balaban J connectivity index is 1.58. The Morgan fingerprint density at radius 2 is 0.760 bits per heavy atom. The predicted molar refractivity (Wildman–Crippen MR) is 174 cm³/mol. The molecule has 244 valence electrons. The highest BCUT2D eigenvalue weighted by Gasteiger charge is 2.42. The van der Waals surface area contributed by atoms with Gasteiger partial charge in [0.05, 0.1) is 33.9 Å². The van der Waals surface area contributed by atoms with Gasteiger partial charge in [0.15, 0.2) is 11.6 Å². The minimum atomic E-state index is -4.62. The second kappa shape index (κ2) is 12.0. The molecule has 0 saturated carbocycles. The van der Waals surface area contributed by atoms with Crippen LogP contribution in [0.15, 0.2) is 109 Å². The van der Waals surface area contributed by atoms with E-state index in [0.29, 0.717) is 11.4 Å². The molecule has 3 heterocycles. The molecule has 14 heteroatoms. The van der Waals surface area contributed by atoms with Crippen LogP contribution < -0.4 is 9.80 Å². The van der Waals surface area contributed by atoms with E-state index in [0.717, 1.165) is 24.3 Å². The number of fused-ring (bicyclic) bond motifs is 2. The van der Waals surface area contributed by atoms with Crippen LogP contribution in [0.3, 0.4) is 0 Å². The maximum Gasteiger partial charge on any atom is 0.416 e. The van der Waals surface area contributed by atoms with E-state index in [4.69, 9.17) is 23.1 Å². The third kappa shape index (κ3) is 5.58. The molecule has 7 rings (SSSR count). The molecule has 6 aromatic rings. The van der Waals surface area contributed by atoms with Crippen LogP contribution in [-0.4, -0.2) is 19.9 Å². The first kappa shape index (κ1) is 31.8. The molecule has 0 fully saturated rings. The van der Waals surface area contributed by atoms with E-state index in [-0.39, 0.29) is 57.4 Å². The van der Waals surface area contributed by atoms with Crippen molar-refractivity contribution in [1.29, 1.82) is 0 Å². The molecule has 0 bridgehead atoms. The summed E-state index contributed by atoms with van der Waals surface area (Å²) in [6.07, 6.45) is -9.24. The number of hydrogen-bond donors (Lipinski definition) is 0. The molecule has 0 radical (unpaired) electrons. The Morgan fingerprint density at radius 3 is 1.06 bits per heavy atom. The second-order valence-electron chi connectivity index (χ2n) is 10.8. The quantitative estimate of drug-likeness (QED) is 0.137. The first-order valence-corrected chi connectivity index (χ1v) is 14.6. The van der Waals surface area contributed by atoms with Crippen molar-refractivity contribution in [2.75, 3.05) is 9.80 Å². The molecule has 0 amide bonds. The van der Waals surface area contributed by atoms with Crippen molar-refractivity contribution in [3.05, 3.63) is 143 Å². The lowest BCUT2D eigenvalue weighted by atomic mass is 10.0. The molecule has 0 aliphatic carbocycles. The van der Waals surface area contributed by atoms with Crippen LogP contribution in [-0.2, 0) is 12.4 Å². The Hall–Kier alpha value is -6.80. The monoisotopic (exact) mass is 676 g/mol. The lowest BCUT2D eigenvalue weighted by Gasteiger charge is -2.34. The van der Waals surface area contributed by atoms with Gasteiger partial charge >= 0.3 is 24.0 Å². The number of halogens is 6. The van der Waals surface area contributed by atoms with E-state index in [1.54, 1.807) is 70.5 Å². The minimum Gasteiger partial charge on any atom is -0.370 e. The van der Waals surface area contributed by atoms with Gasteiger partial charge in [0.2, 0.25) is 0 Å². The number of hydrogen-bond acceptors (Lipinski definition) is 6. The molecular formula is C36H18F6N8. The Kier molecular flexibility index (Phi) is 7.64. The standard InChI is InChI=1S/C36H18F6N8/c1-43-29-30(44-2)48-34-33(47-29)49(25-9-5-3-6-10-25)31-32(50(34)26-11-7-4-8-12-26)46-28(22-15-19-24(20-16-22)36(40,41)42)27(45-31)21-13-17-23(18-14-21)35(37,38)39/h3-20H. The van der Waals surface area contributed by atoms with Gasteiger partial charge in [-0.05, 0) is 48.5 Å². The molecule has 50 heavy (non-hydrogen) atoms. The molecule has 0 unspecified atom stereocenters. The molecule has 0 atom stereocenters. The average molecular weight is 677 g/mol. The van der Waals surface area contributed by atoms with Crippen LogP contribution >= 0.6 is 0 Å². The summed E-state index contributed by atoms with van der Waals surface area (Å²) in [6, 6.07) is 25.8. The van der Waals surface area contributed by atoms with Gasteiger partial charge < -0.3 is 9.69 Å². The maximum atomic E-state index is 13.5. The van der Waals surface area contributed by atoms with Gasteiger partial charge in [-0.15, -0.1) is 9.97 Å². The van der Waals surface area contributed by atoms with Crippen molar-refractivity contribution in [2.24, 2.45) is 0 Å². The summed E-state index contributed by atoms with van der Waals surface area (Å²) in [5.41, 5.74) is -0.297. The van der Waals surface area contributed by atoms with E-state index in [1.807, 2.05) is 0 Å². The fourth-order valence-electron chi connectivity index (χ4n) is 5.45. The lowest BCUT2D eigenvalue weighted by molar-refractivity contribution is -0.138. The summed E-state index contributed by atoms with van der Waals surface area (Å²) in [5.74, 6) is -0.0681. The summed E-state index contributed by atoms with van der Waals surface area (Å²) in [7, 11) is 0. The minimum absolute atomic E-state index is 0.0609. The van der Waals surface area contributed by atoms with Crippen molar-refractivity contribution in [1.82, 2.24) is 19.9 Å². The summed E-state index contributed by atoms with van der Waals surface area (Å²) in [5, 5.41) is 0. The zero-order valence-corrected chi connectivity index (χ0v) is 25.2. The third-order valence-electron chi connectivity index (χ3n) is 7.74. The highest BCUT2D eigenvalue weighted by atomic mass is 19.4. The molecular weight excluding hydrogens is 658 g/mol. The molecule has 2 aromatic heterocycles. The lowest BCUT2D eigenvalue weighted by Crippen LogP contribution is -2.28. The van der Waals surface area contributed by atoms with Crippen LogP contribution in [0.25, 0.3) is 32.2 Å². The number of benzene rings is 4. The SMILES string of the molecule is [C-]#[N+]c1nc2c(nc1[N+]#[C-])N(c1ccccc1)c1nc(-c3ccc(C(F)(F)F)cc3)c(-c3ccc(C(F)(F)F)cc3)nc1N2c1ccccc1. The van der Waals surface area contributed by atoms with E-state index >= 15 is 0 Å². The average Bonchev–Trinajstić information content (AvgIpc) is 3.12. The van der Waals surface area contributed by atoms with E-state index < -0.39 is 23.5 Å². The van der Waals surface area contributed by atoms with Crippen molar-refractivity contribution >= 4 is 46.3 Å². The first-order valence-electron chi connectivity index (χ1n) is 14.6. The number of anilines is 6. The number of nitrogens with zero attached hydrogens (tertiary/aromatic N) is 8. The largest absolute Gasteiger partial charge is 0.416 e. The van der Waals surface area contributed by atoms with Crippen molar-refractivity contribution in [3.8, 4) is 22.5 Å². The molecule has 8 nitrogen and oxygen atoms in total. The van der Waals surface area contributed by atoms with Crippen LogP contribution in [0.1, 0.15) is 11.1 Å². The number of aromatic nitrogens is 4. The van der Waals surface area contributed by atoms with Gasteiger partial charge in [-0.1, -0.05) is 73.8 Å². The topological polar surface area (TPSA) is 66.8 Å². The van der Waals surface area contributed by atoms with E-state index in [2.05, 4.69) is 19.7 Å². The zero-order valence-electron chi connectivity index (χ0n) is 25.2. The van der Waals surface area contributed by atoms with Crippen LogP contribution in [0.5, 0.6) is 0 Å². The van der Waals surface area contributed by atoms with Gasteiger partial charge in [-0.25, -0.2) is 9.97 Å². The number of para-hydroxylation sites is 2. The van der Waals surface area contributed by atoms with Gasteiger partial charge in [0.25, 0.3) is 11.6 Å². The molecule has 1 aliphatic rings. The first-order chi connectivity index (χ1) is 24.0. The van der Waals surface area contributed by atoms with E-state index in [1.165, 1.54) is 24.3 Å². The Bertz CT molecular complexity index is 2150. The third-order valence-corrected chi connectivity index (χ3v) is 7.74. The summed E-state index contributed by atoms with van der Waals surface area (Å²) >= 11 is 0. The predicted octanol–water partition coefficient (Wildman–Crippen LogP) is 11.0. The fraction of sp³-hybridized carbons (Fsp3) is 0.0556. The Morgan fingerprint density at radius 1 is 0.440 bits per heavy atom. The van der Waals surface area contributed by atoms with Crippen molar-refractivity contribution in [3.63, 3.8) is 0 Å². The zero-order chi connectivity index (χ0) is 35.2. The molecule has 0 N–H and O–H groups in total. The molecule has 1 aliphatic heterocycles. The van der Waals surface area contributed by atoms with Crippen molar-refractivity contribution in [2.45, 2.75) is 12.4 Å². The summed E-state index contributed by atoms with van der Waals surface area (Å²) in [4.78, 5) is 29.0. The van der Waals surface area contributed by atoms with Gasteiger partial charge in [-0.3, -0.25) is 9.80 Å². The number of alkyl halides is 6. The van der Waals surface area contributed by atoms with Crippen LogP contribution in [0, 0.1) is 13.1 Å². The number of rotatable bonds is 4. The smallest absolute Gasteiger partial charge is 0.370 e.